The van der Waals surface area contributed by atoms with Crippen molar-refractivity contribution in [1.29, 1.82) is 0 Å². The van der Waals surface area contributed by atoms with Crippen molar-refractivity contribution in [3.63, 3.8) is 0 Å². The highest BCUT2D eigenvalue weighted by molar-refractivity contribution is 6.32. The molecule has 0 heterocycles. The van der Waals surface area contributed by atoms with Crippen LogP contribution in [0.5, 0.6) is 5.75 Å². The lowest BCUT2D eigenvalue weighted by Gasteiger charge is -2.29. The van der Waals surface area contributed by atoms with Gasteiger partial charge in [0.15, 0.2) is 6.61 Å². The molecule has 1 N–H and O–H groups in total. The number of para-hydroxylation sites is 1. The first kappa shape index (κ1) is 20.8. The smallest absolute Gasteiger partial charge is 0.261 e. The average Bonchev–Trinajstić information content (AvgIpc) is 2.65. The van der Waals surface area contributed by atoms with Gasteiger partial charge < -0.3 is 15.0 Å². The van der Waals surface area contributed by atoms with Crippen LogP contribution in [0.15, 0.2) is 54.6 Å². The summed E-state index contributed by atoms with van der Waals surface area (Å²) in [6, 6.07) is 15.9. The fraction of sp³-hybridized carbons (Fsp3) is 0.333. The van der Waals surface area contributed by atoms with Crippen molar-refractivity contribution >= 4 is 23.4 Å². The van der Waals surface area contributed by atoms with Crippen molar-refractivity contribution < 1.29 is 14.3 Å². The molecule has 0 spiro atoms. The largest absolute Gasteiger partial charge is 0.482 e. The Morgan fingerprint density at radius 2 is 1.67 bits per heavy atom. The van der Waals surface area contributed by atoms with E-state index in [0.717, 1.165) is 5.56 Å². The Morgan fingerprint density at radius 3 is 2.30 bits per heavy atom. The summed E-state index contributed by atoms with van der Waals surface area (Å²) in [6.45, 7) is 5.60. The highest BCUT2D eigenvalue weighted by Gasteiger charge is 2.26. The van der Waals surface area contributed by atoms with Gasteiger partial charge in [0.05, 0.1) is 5.02 Å². The molecule has 2 amide bonds. The summed E-state index contributed by atoms with van der Waals surface area (Å²) in [5.41, 5.74) is 0.938. The Balaban J connectivity index is 2.13. The highest BCUT2D eigenvalue weighted by atomic mass is 35.5. The number of hydrogen-bond donors (Lipinski definition) is 1. The van der Waals surface area contributed by atoms with Gasteiger partial charge in [-0.25, -0.2) is 0 Å². The molecule has 6 heteroatoms. The van der Waals surface area contributed by atoms with E-state index in [4.69, 9.17) is 16.3 Å². The first-order valence-corrected chi connectivity index (χ1v) is 9.27. The van der Waals surface area contributed by atoms with Crippen molar-refractivity contribution in [2.24, 2.45) is 0 Å². The minimum Gasteiger partial charge on any atom is -0.482 e. The van der Waals surface area contributed by atoms with Crippen molar-refractivity contribution in [3.05, 3.63) is 65.2 Å². The molecule has 0 saturated heterocycles. The van der Waals surface area contributed by atoms with E-state index in [1.165, 1.54) is 4.90 Å². The molecular weight excluding hydrogens is 364 g/mol. The number of nitrogens with one attached hydrogen (secondary N) is 1. The SMILES string of the molecule is CC(C)NC(=O)[C@@H](C)N(Cc1ccccc1)C(=O)COc1ccccc1Cl. The van der Waals surface area contributed by atoms with Gasteiger partial charge in [-0.1, -0.05) is 54.1 Å². The second-order valence-corrected chi connectivity index (χ2v) is 6.97. The summed E-state index contributed by atoms with van der Waals surface area (Å²) >= 11 is 6.07. The third-order valence-electron chi connectivity index (χ3n) is 3.98. The third kappa shape index (κ3) is 6.29. The van der Waals surface area contributed by atoms with Gasteiger partial charge in [0, 0.05) is 12.6 Å². The van der Waals surface area contributed by atoms with Gasteiger partial charge in [0.2, 0.25) is 5.91 Å². The van der Waals surface area contributed by atoms with Gasteiger partial charge in [0.1, 0.15) is 11.8 Å². The zero-order chi connectivity index (χ0) is 19.8. The van der Waals surface area contributed by atoms with Gasteiger partial charge in [0.25, 0.3) is 5.91 Å². The van der Waals surface area contributed by atoms with Crippen molar-refractivity contribution in [3.8, 4) is 5.75 Å². The maximum absolute atomic E-state index is 12.8. The molecule has 0 fully saturated rings. The molecule has 0 aromatic heterocycles. The van der Waals surface area contributed by atoms with Gasteiger partial charge in [-0.2, -0.15) is 0 Å². The first-order valence-electron chi connectivity index (χ1n) is 8.89. The Hall–Kier alpha value is -2.53. The number of carbonyl (C=O) groups excluding carboxylic acids is 2. The number of halogens is 1. The van der Waals surface area contributed by atoms with Crippen LogP contribution in [-0.2, 0) is 16.1 Å². The number of ether oxygens (including phenoxy) is 1. The van der Waals surface area contributed by atoms with E-state index in [1.807, 2.05) is 44.2 Å². The number of rotatable bonds is 8. The second kappa shape index (κ2) is 9.97. The molecule has 2 rings (SSSR count). The lowest BCUT2D eigenvalue weighted by atomic mass is 10.1. The molecule has 0 aliphatic carbocycles. The van der Waals surface area contributed by atoms with E-state index in [9.17, 15) is 9.59 Å². The molecule has 27 heavy (non-hydrogen) atoms. The summed E-state index contributed by atoms with van der Waals surface area (Å²) < 4.78 is 5.57. The monoisotopic (exact) mass is 388 g/mol. The van der Waals surface area contributed by atoms with Gasteiger partial charge >= 0.3 is 0 Å². The zero-order valence-corrected chi connectivity index (χ0v) is 16.6. The molecule has 1 atom stereocenters. The third-order valence-corrected chi connectivity index (χ3v) is 4.29. The van der Waals surface area contributed by atoms with Crippen LogP contribution in [0.3, 0.4) is 0 Å². The van der Waals surface area contributed by atoms with Crippen LogP contribution in [0.4, 0.5) is 0 Å². The van der Waals surface area contributed by atoms with Gasteiger partial charge in [-0.05, 0) is 38.5 Å². The number of nitrogens with zero attached hydrogens (tertiary/aromatic N) is 1. The Bertz CT molecular complexity index is 765. The van der Waals surface area contributed by atoms with E-state index in [2.05, 4.69) is 5.32 Å². The Morgan fingerprint density at radius 1 is 1.04 bits per heavy atom. The molecule has 0 aliphatic rings. The summed E-state index contributed by atoms with van der Waals surface area (Å²) in [5.74, 6) is -0.0522. The molecule has 0 bridgehead atoms. The molecule has 0 saturated carbocycles. The summed E-state index contributed by atoms with van der Waals surface area (Å²) in [5, 5.41) is 3.29. The van der Waals surface area contributed by atoms with Crippen LogP contribution in [0.1, 0.15) is 26.3 Å². The van der Waals surface area contributed by atoms with E-state index in [-0.39, 0.29) is 24.5 Å². The van der Waals surface area contributed by atoms with E-state index < -0.39 is 6.04 Å². The molecule has 2 aromatic carbocycles. The fourth-order valence-corrected chi connectivity index (χ4v) is 2.74. The molecule has 5 nitrogen and oxygen atoms in total. The molecule has 144 valence electrons. The predicted molar refractivity (Wildman–Crippen MR) is 107 cm³/mol. The lowest BCUT2D eigenvalue weighted by Crippen LogP contribution is -2.50. The lowest BCUT2D eigenvalue weighted by molar-refractivity contribution is -0.142. The van der Waals surface area contributed by atoms with Crippen LogP contribution in [0, 0.1) is 0 Å². The summed E-state index contributed by atoms with van der Waals surface area (Å²) in [6.07, 6.45) is 0. The minimum atomic E-state index is -0.630. The summed E-state index contributed by atoms with van der Waals surface area (Å²) in [7, 11) is 0. The average molecular weight is 389 g/mol. The zero-order valence-electron chi connectivity index (χ0n) is 15.8. The Labute approximate surface area is 165 Å². The number of carbonyl (C=O) groups is 2. The molecule has 2 aromatic rings. The molecule has 0 radical (unpaired) electrons. The number of amides is 2. The maximum atomic E-state index is 12.8. The number of hydrogen-bond acceptors (Lipinski definition) is 3. The fourth-order valence-electron chi connectivity index (χ4n) is 2.55. The maximum Gasteiger partial charge on any atom is 0.261 e. The van der Waals surface area contributed by atoms with Crippen molar-refractivity contribution in [2.75, 3.05) is 6.61 Å². The normalized spacial score (nSPS) is 11.7. The van der Waals surface area contributed by atoms with Crippen LogP contribution in [0.2, 0.25) is 5.02 Å². The van der Waals surface area contributed by atoms with Crippen LogP contribution < -0.4 is 10.1 Å². The Kier molecular flexibility index (Phi) is 7.67. The van der Waals surface area contributed by atoms with Gasteiger partial charge in [-0.3, -0.25) is 9.59 Å². The quantitative estimate of drug-likeness (QED) is 0.750. The van der Waals surface area contributed by atoms with E-state index >= 15 is 0 Å². The van der Waals surface area contributed by atoms with Crippen LogP contribution in [0.25, 0.3) is 0 Å². The summed E-state index contributed by atoms with van der Waals surface area (Å²) in [4.78, 5) is 26.8. The van der Waals surface area contributed by atoms with E-state index in [1.54, 1.807) is 31.2 Å². The van der Waals surface area contributed by atoms with Crippen molar-refractivity contribution in [1.82, 2.24) is 10.2 Å². The van der Waals surface area contributed by atoms with E-state index in [0.29, 0.717) is 17.3 Å². The van der Waals surface area contributed by atoms with Crippen LogP contribution in [-0.4, -0.2) is 35.4 Å². The number of benzene rings is 2. The minimum absolute atomic E-state index is 0.00648. The molecular formula is C21H25ClN2O3. The molecule has 0 unspecified atom stereocenters. The predicted octanol–water partition coefficient (Wildman–Crippen LogP) is 3.66. The first-order chi connectivity index (χ1) is 12.9. The van der Waals surface area contributed by atoms with Crippen LogP contribution >= 0.6 is 11.6 Å². The molecule has 0 aliphatic heterocycles. The highest BCUT2D eigenvalue weighted by Crippen LogP contribution is 2.23. The van der Waals surface area contributed by atoms with Gasteiger partial charge in [-0.15, -0.1) is 0 Å². The second-order valence-electron chi connectivity index (χ2n) is 6.57. The topological polar surface area (TPSA) is 58.6 Å². The standard InChI is InChI=1S/C21H25ClN2O3/c1-15(2)23-21(26)16(3)24(13-17-9-5-4-6-10-17)20(25)14-27-19-12-8-7-11-18(19)22/h4-12,15-16H,13-14H2,1-3H3,(H,23,26)/t16-/m1/s1. The van der Waals surface area contributed by atoms with Crippen molar-refractivity contribution in [2.45, 2.75) is 39.4 Å².